The van der Waals surface area contributed by atoms with E-state index < -0.39 is 28.5 Å². The number of nitrogens with zero attached hydrogens (tertiary/aromatic N) is 3. The lowest BCUT2D eigenvalue weighted by molar-refractivity contribution is -0.129. The largest absolute Gasteiger partial charge is 0.496 e. The Bertz CT molecular complexity index is 1550. The maximum absolute atomic E-state index is 14.3. The van der Waals surface area contributed by atoms with Crippen molar-refractivity contribution in [2.24, 2.45) is 5.16 Å². The number of thiophene rings is 1. The minimum Gasteiger partial charge on any atom is -0.496 e. The van der Waals surface area contributed by atoms with Crippen LogP contribution in [0.3, 0.4) is 0 Å². The number of nitrogens with one attached hydrogen (secondary N) is 1. The van der Waals surface area contributed by atoms with E-state index in [1.165, 1.54) is 48.3 Å². The van der Waals surface area contributed by atoms with E-state index in [1.807, 2.05) is 20.8 Å². The molecule has 0 spiro atoms. The molecule has 204 valence electrons. The van der Waals surface area contributed by atoms with Crippen molar-refractivity contribution >= 4 is 33.2 Å². The Kier molecular flexibility index (Phi) is 7.51. The number of oxime groups is 1. The van der Waals surface area contributed by atoms with Crippen LogP contribution in [0, 0.1) is 12.7 Å². The van der Waals surface area contributed by atoms with Gasteiger partial charge in [-0.05, 0) is 77.1 Å². The zero-order chi connectivity index (χ0) is 27.9. The van der Waals surface area contributed by atoms with Crippen LogP contribution < -0.4 is 21.3 Å². The molecule has 1 N–H and O–H groups in total. The molecule has 0 aliphatic heterocycles. The molecular formula is C27H33FN4O5S. The summed E-state index contributed by atoms with van der Waals surface area (Å²) in [6.07, 6.45) is 2.04. The lowest BCUT2D eigenvalue weighted by atomic mass is 10.0. The molecule has 1 amide bonds. The molecule has 1 aromatic carbocycles. The average molecular weight is 545 g/mol. The van der Waals surface area contributed by atoms with Crippen LogP contribution >= 0.6 is 11.3 Å². The van der Waals surface area contributed by atoms with Gasteiger partial charge in [-0.3, -0.25) is 14.2 Å². The predicted octanol–water partition coefficient (Wildman–Crippen LogP) is 3.87. The maximum Gasteiger partial charge on any atom is 0.333 e. The zero-order valence-electron chi connectivity index (χ0n) is 22.7. The number of halogens is 1. The van der Waals surface area contributed by atoms with Crippen LogP contribution in [-0.4, -0.2) is 41.0 Å². The summed E-state index contributed by atoms with van der Waals surface area (Å²) in [6.45, 7) is 8.45. The van der Waals surface area contributed by atoms with Gasteiger partial charge in [-0.15, -0.1) is 11.3 Å². The first kappa shape index (κ1) is 27.6. The van der Waals surface area contributed by atoms with Gasteiger partial charge in [0, 0.05) is 16.5 Å². The highest BCUT2D eigenvalue weighted by Gasteiger charge is 2.37. The molecular weight excluding hydrogens is 511 g/mol. The van der Waals surface area contributed by atoms with Crippen molar-refractivity contribution in [3.63, 3.8) is 0 Å². The number of carbonyl (C=O) groups is 1. The zero-order valence-corrected chi connectivity index (χ0v) is 23.5. The van der Waals surface area contributed by atoms with Crippen molar-refractivity contribution in [1.82, 2.24) is 14.5 Å². The second-order valence-electron chi connectivity index (χ2n) is 10.3. The molecule has 11 heteroatoms. The fourth-order valence-electron chi connectivity index (χ4n) is 4.60. The fraction of sp³-hybridized carbons (Fsp3) is 0.481. The average Bonchev–Trinajstić information content (AvgIpc) is 3.62. The molecule has 1 fully saturated rings. The second kappa shape index (κ2) is 10.4. The SMILES string of the molecule is CO/N=C(/Cn1c(=O)n(C(C)(C)C(=O)NC(C)C)c(=O)c2c(C)c(C3CC3)sc21)c1cc(F)ccc1OC. The quantitative estimate of drug-likeness (QED) is 0.325. The number of hydrogen-bond donors (Lipinski definition) is 1. The molecule has 1 saturated carbocycles. The van der Waals surface area contributed by atoms with Gasteiger partial charge < -0.3 is 14.9 Å². The number of ether oxygens (including phenoxy) is 1. The van der Waals surface area contributed by atoms with Gasteiger partial charge in [0.05, 0.1) is 19.0 Å². The van der Waals surface area contributed by atoms with E-state index in [2.05, 4.69) is 10.5 Å². The molecule has 0 saturated heterocycles. The number of benzene rings is 1. The maximum atomic E-state index is 14.3. The third-order valence-electron chi connectivity index (χ3n) is 6.71. The van der Waals surface area contributed by atoms with Gasteiger partial charge in [0.1, 0.15) is 34.8 Å². The number of methoxy groups -OCH3 is 1. The summed E-state index contributed by atoms with van der Waals surface area (Å²) in [5, 5.41) is 7.31. The Labute approximate surface area is 223 Å². The highest BCUT2D eigenvalue weighted by molar-refractivity contribution is 7.19. The van der Waals surface area contributed by atoms with Crippen LogP contribution in [0.2, 0.25) is 0 Å². The molecule has 0 atom stereocenters. The second-order valence-corrected chi connectivity index (χ2v) is 11.3. The molecule has 2 heterocycles. The summed E-state index contributed by atoms with van der Waals surface area (Å²) in [7, 11) is 2.80. The number of hydrogen-bond acceptors (Lipinski definition) is 7. The normalized spacial score (nSPS) is 14.3. The number of amides is 1. The van der Waals surface area contributed by atoms with Gasteiger partial charge in [-0.25, -0.2) is 13.8 Å². The number of aromatic nitrogens is 2. The lowest BCUT2D eigenvalue weighted by Crippen LogP contribution is -2.56. The first-order valence-electron chi connectivity index (χ1n) is 12.5. The van der Waals surface area contributed by atoms with Gasteiger partial charge >= 0.3 is 5.69 Å². The summed E-state index contributed by atoms with van der Waals surface area (Å²) in [6, 6.07) is 3.80. The number of rotatable bonds is 9. The Morgan fingerprint density at radius 1 is 1.26 bits per heavy atom. The van der Waals surface area contributed by atoms with E-state index in [-0.39, 0.29) is 18.3 Å². The monoisotopic (exact) mass is 544 g/mol. The summed E-state index contributed by atoms with van der Waals surface area (Å²) in [4.78, 5) is 47.8. The van der Waals surface area contributed by atoms with Gasteiger partial charge in [0.15, 0.2) is 0 Å². The van der Waals surface area contributed by atoms with Gasteiger partial charge in [0.2, 0.25) is 5.91 Å². The van der Waals surface area contributed by atoms with E-state index in [1.54, 1.807) is 13.8 Å². The summed E-state index contributed by atoms with van der Waals surface area (Å²) >= 11 is 1.40. The van der Waals surface area contributed by atoms with Gasteiger partial charge in [-0.1, -0.05) is 5.16 Å². The van der Waals surface area contributed by atoms with Crippen molar-refractivity contribution in [2.75, 3.05) is 14.2 Å². The minimum absolute atomic E-state index is 0.144. The molecule has 4 rings (SSSR count). The van der Waals surface area contributed by atoms with Crippen LogP contribution in [0.25, 0.3) is 10.2 Å². The molecule has 0 bridgehead atoms. The number of aryl methyl sites for hydroxylation is 1. The minimum atomic E-state index is -1.49. The first-order valence-corrected chi connectivity index (χ1v) is 13.3. The molecule has 38 heavy (non-hydrogen) atoms. The fourth-order valence-corrected chi connectivity index (χ4v) is 6.06. The van der Waals surface area contributed by atoms with Crippen molar-refractivity contribution in [2.45, 2.75) is 71.5 Å². The molecule has 1 aliphatic rings. The highest BCUT2D eigenvalue weighted by Crippen LogP contribution is 2.46. The third-order valence-corrected chi connectivity index (χ3v) is 8.19. The van der Waals surface area contributed by atoms with E-state index in [4.69, 9.17) is 9.57 Å². The van der Waals surface area contributed by atoms with Crippen LogP contribution in [-0.2, 0) is 21.7 Å². The molecule has 2 aromatic heterocycles. The molecule has 1 aliphatic carbocycles. The van der Waals surface area contributed by atoms with Gasteiger partial charge in [-0.2, -0.15) is 0 Å². The number of carbonyl (C=O) groups excluding carboxylic acids is 1. The topological polar surface area (TPSA) is 104 Å². The van der Waals surface area contributed by atoms with E-state index in [0.29, 0.717) is 27.4 Å². The van der Waals surface area contributed by atoms with Crippen LogP contribution in [0.1, 0.15) is 62.5 Å². The lowest BCUT2D eigenvalue weighted by Gasteiger charge is -2.27. The first-order chi connectivity index (χ1) is 17.9. The Hall–Kier alpha value is -3.47. The van der Waals surface area contributed by atoms with Crippen LogP contribution in [0.5, 0.6) is 5.75 Å². The molecule has 3 aromatic rings. The van der Waals surface area contributed by atoms with Crippen molar-refractivity contribution in [1.29, 1.82) is 0 Å². The van der Waals surface area contributed by atoms with Gasteiger partial charge in [0.25, 0.3) is 5.56 Å². The highest BCUT2D eigenvalue weighted by atomic mass is 32.1. The third kappa shape index (κ3) is 4.87. The van der Waals surface area contributed by atoms with E-state index in [0.717, 1.165) is 27.8 Å². The summed E-state index contributed by atoms with van der Waals surface area (Å²) in [5.41, 5.74) is -1.33. The standard InChI is InChI=1S/C27H33FN4O5S/c1-14(2)29-25(34)27(4,5)32-23(33)21-15(3)22(16-8-9-16)38-24(21)31(26(32)35)13-19(30-37-7)18-12-17(28)10-11-20(18)36-6/h10-12,14,16H,8-9,13H2,1-7H3,(H,29,34)/b30-19-. The summed E-state index contributed by atoms with van der Waals surface area (Å²) in [5.74, 6) is -0.277. The summed E-state index contributed by atoms with van der Waals surface area (Å²) < 4.78 is 22.1. The van der Waals surface area contributed by atoms with Crippen molar-refractivity contribution in [3.05, 3.63) is 60.9 Å². The Morgan fingerprint density at radius 2 is 1.95 bits per heavy atom. The molecule has 0 radical (unpaired) electrons. The predicted molar refractivity (Wildman–Crippen MR) is 146 cm³/mol. The van der Waals surface area contributed by atoms with E-state index >= 15 is 0 Å². The van der Waals surface area contributed by atoms with Crippen molar-refractivity contribution < 1.29 is 18.8 Å². The molecule has 9 nitrogen and oxygen atoms in total. The number of fused-ring (bicyclic) bond motifs is 1. The molecule has 0 unspecified atom stereocenters. The smallest absolute Gasteiger partial charge is 0.333 e. The Morgan fingerprint density at radius 3 is 2.53 bits per heavy atom. The Balaban J connectivity index is 2.02. The van der Waals surface area contributed by atoms with Crippen LogP contribution in [0.4, 0.5) is 4.39 Å². The van der Waals surface area contributed by atoms with Crippen LogP contribution in [0.15, 0.2) is 32.9 Å². The van der Waals surface area contributed by atoms with E-state index in [9.17, 15) is 18.8 Å². The van der Waals surface area contributed by atoms with Crippen molar-refractivity contribution in [3.8, 4) is 5.75 Å².